The molecule has 1 N–H and O–H groups in total. The molecule has 0 aromatic heterocycles. The summed E-state index contributed by atoms with van der Waals surface area (Å²) >= 11 is 12.4. The second-order valence-electron chi connectivity index (χ2n) is 5.37. The molecule has 0 radical (unpaired) electrons. The van der Waals surface area contributed by atoms with Crippen LogP contribution in [-0.2, 0) is 10.0 Å². The van der Waals surface area contributed by atoms with Gasteiger partial charge in [0.1, 0.15) is 4.90 Å². The van der Waals surface area contributed by atoms with E-state index in [1.54, 1.807) is 24.2 Å². The van der Waals surface area contributed by atoms with Crippen molar-refractivity contribution < 1.29 is 8.42 Å². The lowest BCUT2D eigenvalue weighted by molar-refractivity contribution is 0.242. The van der Waals surface area contributed by atoms with Crippen molar-refractivity contribution in [2.45, 2.75) is 38.1 Å². The van der Waals surface area contributed by atoms with Crippen LogP contribution in [0.15, 0.2) is 11.0 Å². The van der Waals surface area contributed by atoms with Gasteiger partial charge in [0, 0.05) is 24.7 Å². The standard InChI is InChI=1S/C14H20Cl2N2O2S/c1-4-5-18(11-7-17-8-11)21(19,20)14-10(3)12(15)6-9(2)13(14)16/h6,11,17H,4-5,7-8H2,1-3H3. The van der Waals surface area contributed by atoms with E-state index in [4.69, 9.17) is 23.2 Å². The van der Waals surface area contributed by atoms with Gasteiger partial charge in [-0.3, -0.25) is 0 Å². The molecule has 0 aliphatic carbocycles. The van der Waals surface area contributed by atoms with Crippen molar-refractivity contribution in [2.24, 2.45) is 0 Å². The maximum atomic E-state index is 13.1. The van der Waals surface area contributed by atoms with E-state index >= 15 is 0 Å². The predicted molar refractivity (Wildman–Crippen MR) is 86.8 cm³/mol. The molecule has 1 aromatic carbocycles. The third-order valence-corrected chi connectivity index (χ3v) is 6.88. The Balaban J connectivity index is 2.57. The molecule has 0 bridgehead atoms. The SMILES string of the molecule is CCCN(C1CNC1)S(=O)(=O)c1c(C)c(Cl)cc(C)c1Cl. The van der Waals surface area contributed by atoms with Crippen molar-refractivity contribution in [3.63, 3.8) is 0 Å². The molecule has 1 aliphatic rings. The van der Waals surface area contributed by atoms with Crippen molar-refractivity contribution in [1.29, 1.82) is 0 Å². The Hall–Kier alpha value is -0.330. The van der Waals surface area contributed by atoms with E-state index in [0.29, 0.717) is 35.8 Å². The highest BCUT2D eigenvalue weighted by Gasteiger charge is 2.36. The molecular formula is C14H20Cl2N2O2S. The molecule has 2 rings (SSSR count). The molecule has 1 aliphatic heterocycles. The van der Waals surface area contributed by atoms with E-state index in [1.165, 1.54) is 0 Å². The third-order valence-electron chi connectivity index (χ3n) is 3.77. The van der Waals surface area contributed by atoms with E-state index < -0.39 is 10.0 Å². The van der Waals surface area contributed by atoms with E-state index in [2.05, 4.69) is 5.32 Å². The van der Waals surface area contributed by atoms with E-state index in [-0.39, 0.29) is 16.0 Å². The minimum atomic E-state index is -3.65. The van der Waals surface area contributed by atoms with Gasteiger partial charge >= 0.3 is 0 Å². The molecule has 0 spiro atoms. The van der Waals surface area contributed by atoms with Crippen LogP contribution < -0.4 is 5.32 Å². The summed E-state index contributed by atoms with van der Waals surface area (Å²) < 4.78 is 27.7. The highest BCUT2D eigenvalue weighted by atomic mass is 35.5. The summed E-state index contributed by atoms with van der Waals surface area (Å²) in [5.41, 5.74) is 1.19. The normalized spacial score (nSPS) is 16.3. The molecule has 1 fully saturated rings. The Kier molecular flexibility index (Phi) is 5.21. The highest BCUT2D eigenvalue weighted by Crippen LogP contribution is 2.36. The number of halogens is 2. The van der Waals surface area contributed by atoms with Crippen LogP contribution in [0.2, 0.25) is 10.0 Å². The number of hydrogen-bond acceptors (Lipinski definition) is 3. The van der Waals surface area contributed by atoms with Crippen molar-refractivity contribution in [3.8, 4) is 0 Å². The van der Waals surface area contributed by atoms with Crippen LogP contribution in [0.1, 0.15) is 24.5 Å². The van der Waals surface area contributed by atoms with Gasteiger partial charge in [0.25, 0.3) is 0 Å². The number of hydrogen-bond donors (Lipinski definition) is 1. The molecule has 1 heterocycles. The first-order valence-electron chi connectivity index (χ1n) is 6.98. The first-order chi connectivity index (χ1) is 9.80. The van der Waals surface area contributed by atoms with Crippen molar-refractivity contribution in [3.05, 3.63) is 27.2 Å². The molecule has 1 saturated heterocycles. The Morgan fingerprint density at radius 1 is 1.33 bits per heavy atom. The fraction of sp³-hybridized carbons (Fsp3) is 0.571. The molecule has 4 nitrogen and oxygen atoms in total. The van der Waals surface area contributed by atoms with Gasteiger partial charge in [-0.05, 0) is 37.5 Å². The molecule has 0 saturated carbocycles. The highest BCUT2D eigenvalue weighted by molar-refractivity contribution is 7.89. The zero-order chi connectivity index (χ0) is 15.8. The van der Waals surface area contributed by atoms with Crippen LogP contribution >= 0.6 is 23.2 Å². The number of aryl methyl sites for hydroxylation is 1. The van der Waals surface area contributed by atoms with Crippen LogP contribution in [-0.4, -0.2) is 38.4 Å². The van der Waals surface area contributed by atoms with Crippen LogP contribution in [0.25, 0.3) is 0 Å². The summed E-state index contributed by atoms with van der Waals surface area (Å²) in [5.74, 6) is 0. The van der Waals surface area contributed by atoms with Crippen molar-refractivity contribution in [2.75, 3.05) is 19.6 Å². The van der Waals surface area contributed by atoms with Gasteiger partial charge in [-0.25, -0.2) is 8.42 Å². The van der Waals surface area contributed by atoms with Gasteiger partial charge in [-0.1, -0.05) is 30.1 Å². The molecule has 21 heavy (non-hydrogen) atoms. The molecule has 7 heteroatoms. The summed E-state index contributed by atoms with van der Waals surface area (Å²) in [6, 6.07) is 1.69. The Bertz CT molecular complexity index is 617. The summed E-state index contributed by atoms with van der Waals surface area (Å²) in [7, 11) is -3.65. The van der Waals surface area contributed by atoms with E-state index in [1.807, 2.05) is 6.92 Å². The van der Waals surface area contributed by atoms with Crippen LogP contribution in [0.5, 0.6) is 0 Å². The lowest BCUT2D eigenvalue weighted by Gasteiger charge is -2.37. The van der Waals surface area contributed by atoms with Gasteiger partial charge < -0.3 is 5.32 Å². The number of nitrogens with one attached hydrogen (secondary N) is 1. The maximum absolute atomic E-state index is 13.1. The molecule has 0 atom stereocenters. The van der Waals surface area contributed by atoms with Gasteiger partial charge in [0.05, 0.1) is 11.1 Å². The van der Waals surface area contributed by atoms with Gasteiger partial charge in [0.2, 0.25) is 10.0 Å². The lowest BCUT2D eigenvalue weighted by atomic mass is 10.2. The van der Waals surface area contributed by atoms with E-state index in [0.717, 1.165) is 6.42 Å². The maximum Gasteiger partial charge on any atom is 0.245 e. The monoisotopic (exact) mass is 350 g/mol. The minimum absolute atomic E-state index is 0.00953. The predicted octanol–water partition coefficient (Wildman–Crippen LogP) is 2.98. The second-order valence-corrected chi connectivity index (χ2v) is 7.98. The number of rotatable bonds is 5. The third kappa shape index (κ3) is 3.08. The second kappa shape index (κ2) is 6.42. The van der Waals surface area contributed by atoms with Crippen LogP contribution in [0.3, 0.4) is 0 Å². The lowest BCUT2D eigenvalue weighted by Crippen LogP contribution is -2.58. The number of sulfonamides is 1. The van der Waals surface area contributed by atoms with Crippen molar-refractivity contribution in [1.82, 2.24) is 9.62 Å². The summed E-state index contributed by atoms with van der Waals surface area (Å²) in [4.78, 5) is 0.148. The molecule has 0 unspecified atom stereocenters. The fourth-order valence-electron chi connectivity index (χ4n) is 2.43. The number of nitrogens with zero attached hydrogens (tertiary/aromatic N) is 1. The Morgan fingerprint density at radius 2 is 1.95 bits per heavy atom. The summed E-state index contributed by atoms with van der Waals surface area (Å²) in [6.07, 6.45) is 0.756. The Morgan fingerprint density at radius 3 is 2.43 bits per heavy atom. The van der Waals surface area contributed by atoms with Gasteiger partial charge in [0.15, 0.2) is 0 Å². The average Bonchev–Trinajstić information content (AvgIpc) is 2.34. The van der Waals surface area contributed by atoms with Gasteiger partial charge in [-0.15, -0.1) is 0 Å². The topological polar surface area (TPSA) is 49.4 Å². The van der Waals surface area contributed by atoms with Crippen molar-refractivity contribution >= 4 is 33.2 Å². The molecule has 118 valence electrons. The first-order valence-corrected chi connectivity index (χ1v) is 9.18. The van der Waals surface area contributed by atoms with Crippen LogP contribution in [0, 0.1) is 13.8 Å². The minimum Gasteiger partial charge on any atom is -0.313 e. The van der Waals surface area contributed by atoms with Gasteiger partial charge in [-0.2, -0.15) is 4.31 Å². The zero-order valence-corrected chi connectivity index (χ0v) is 14.7. The number of benzene rings is 1. The fourth-order valence-corrected chi connectivity index (χ4v) is 5.32. The summed E-state index contributed by atoms with van der Waals surface area (Å²) in [6.45, 7) is 7.26. The quantitative estimate of drug-likeness (QED) is 0.887. The molecular weight excluding hydrogens is 331 g/mol. The summed E-state index contributed by atoms with van der Waals surface area (Å²) in [5, 5.41) is 3.81. The average molecular weight is 351 g/mol. The largest absolute Gasteiger partial charge is 0.313 e. The first kappa shape index (κ1) is 17.0. The Labute approximate surface area is 136 Å². The smallest absolute Gasteiger partial charge is 0.245 e. The van der Waals surface area contributed by atoms with E-state index in [9.17, 15) is 8.42 Å². The van der Waals surface area contributed by atoms with Crippen LogP contribution in [0.4, 0.5) is 0 Å². The molecule has 0 amide bonds. The zero-order valence-electron chi connectivity index (χ0n) is 12.4. The molecule has 1 aromatic rings.